The highest BCUT2D eigenvalue weighted by Crippen LogP contribution is 2.50. The van der Waals surface area contributed by atoms with Crippen LogP contribution in [-0.2, 0) is 4.79 Å². The summed E-state index contributed by atoms with van der Waals surface area (Å²) in [6.07, 6.45) is 4.58. The van der Waals surface area contributed by atoms with E-state index in [9.17, 15) is 9.90 Å². The summed E-state index contributed by atoms with van der Waals surface area (Å²) >= 11 is 0. The summed E-state index contributed by atoms with van der Waals surface area (Å²) in [5.41, 5.74) is 1.17. The highest BCUT2D eigenvalue weighted by Gasteiger charge is 2.49. The highest BCUT2D eigenvalue weighted by molar-refractivity contribution is 6.02. The van der Waals surface area contributed by atoms with Crippen molar-refractivity contribution < 1.29 is 19.4 Å². The van der Waals surface area contributed by atoms with Gasteiger partial charge in [-0.2, -0.15) is 0 Å². The minimum absolute atomic E-state index is 0.0481. The lowest BCUT2D eigenvalue weighted by atomic mass is 9.66. The molecule has 1 saturated heterocycles. The van der Waals surface area contributed by atoms with E-state index in [4.69, 9.17) is 9.47 Å². The van der Waals surface area contributed by atoms with Crippen LogP contribution in [0.2, 0.25) is 0 Å². The first-order chi connectivity index (χ1) is 17.0. The minimum atomic E-state index is -0.696. The average Bonchev–Trinajstić information content (AvgIpc) is 2.88. The van der Waals surface area contributed by atoms with Crippen LogP contribution in [0.25, 0.3) is 10.8 Å². The molecule has 2 aliphatic rings. The number of amides is 1. The second-order valence-corrected chi connectivity index (χ2v) is 9.81. The van der Waals surface area contributed by atoms with Crippen LogP contribution in [0.5, 0.6) is 11.5 Å². The highest BCUT2D eigenvalue weighted by atomic mass is 16.5. The second kappa shape index (κ2) is 9.88. The van der Waals surface area contributed by atoms with Gasteiger partial charge in [-0.3, -0.25) is 9.69 Å². The van der Waals surface area contributed by atoms with Gasteiger partial charge in [0.05, 0.1) is 26.4 Å². The number of likely N-dealkylation sites (tertiary alicyclic amines) is 1. The van der Waals surface area contributed by atoms with Crippen LogP contribution in [0.1, 0.15) is 43.7 Å². The molecule has 3 atom stereocenters. The number of anilines is 1. The predicted molar refractivity (Wildman–Crippen MR) is 138 cm³/mol. The molecule has 184 valence electrons. The van der Waals surface area contributed by atoms with Gasteiger partial charge >= 0.3 is 0 Å². The second-order valence-electron chi connectivity index (χ2n) is 9.81. The van der Waals surface area contributed by atoms with E-state index in [2.05, 4.69) is 10.2 Å². The Balaban J connectivity index is 1.44. The van der Waals surface area contributed by atoms with Crippen LogP contribution in [-0.4, -0.2) is 48.8 Å². The van der Waals surface area contributed by atoms with E-state index < -0.39 is 5.60 Å². The summed E-state index contributed by atoms with van der Waals surface area (Å²) < 4.78 is 11.0. The third-order valence-corrected chi connectivity index (χ3v) is 7.83. The molecule has 1 amide bonds. The van der Waals surface area contributed by atoms with Gasteiger partial charge in [0.2, 0.25) is 5.91 Å². The molecule has 3 aromatic carbocycles. The molecular formula is C29H34N2O4. The van der Waals surface area contributed by atoms with Gasteiger partial charge in [0.1, 0.15) is 0 Å². The molecule has 6 nitrogen and oxygen atoms in total. The number of carbonyl (C=O) groups excluding carboxylic acids is 1. The number of piperidine rings is 1. The number of fused-ring (bicyclic) bond motifs is 2. The molecule has 1 aliphatic carbocycles. The van der Waals surface area contributed by atoms with Crippen molar-refractivity contribution in [2.24, 2.45) is 5.92 Å². The molecule has 2 N–H and O–H groups in total. The number of rotatable bonds is 6. The molecule has 6 heteroatoms. The monoisotopic (exact) mass is 474 g/mol. The van der Waals surface area contributed by atoms with Crippen LogP contribution in [0.3, 0.4) is 0 Å². The van der Waals surface area contributed by atoms with Gasteiger partial charge in [-0.05, 0) is 48.4 Å². The molecule has 0 spiro atoms. The Labute approximate surface area is 206 Å². The molecule has 2 fully saturated rings. The smallest absolute Gasteiger partial charge is 0.238 e. The first-order valence-electron chi connectivity index (χ1n) is 12.5. The molecule has 0 unspecified atom stereocenters. The van der Waals surface area contributed by atoms with E-state index in [1.807, 2.05) is 60.7 Å². The third kappa shape index (κ3) is 4.60. The minimum Gasteiger partial charge on any atom is -0.493 e. The Morgan fingerprint density at radius 2 is 1.83 bits per heavy atom. The maximum atomic E-state index is 13.3. The number of methoxy groups -OCH3 is 2. The number of benzene rings is 3. The topological polar surface area (TPSA) is 71.0 Å². The van der Waals surface area contributed by atoms with Crippen molar-refractivity contribution in [2.75, 3.05) is 32.6 Å². The molecular weight excluding hydrogens is 440 g/mol. The lowest BCUT2D eigenvalue weighted by Gasteiger charge is -2.52. The van der Waals surface area contributed by atoms with Crippen molar-refractivity contribution in [1.82, 2.24) is 4.90 Å². The Morgan fingerprint density at radius 3 is 2.66 bits per heavy atom. The van der Waals surface area contributed by atoms with Crippen molar-refractivity contribution in [2.45, 2.75) is 43.7 Å². The average molecular weight is 475 g/mol. The number of ether oxygens (including phenoxy) is 2. The lowest BCUT2D eigenvalue weighted by molar-refractivity contribution is -0.135. The summed E-state index contributed by atoms with van der Waals surface area (Å²) in [5.74, 6) is 1.35. The SMILES string of the molecule is COc1ccc([C@@H]2[C@H]3CCCC[C@@]3(O)CCN2CC(=O)Nc2cccc3ccccc23)cc1OC. The summed E-state index contributed by atoms with van der Waals surface area (Å²) in [5, 5.41) is 16.8. The Morgan fingerprint density at radius 1 is 1.03 bits per heavy atom. The van der Waals surface area contributed by atoms with Gasteiger partial charge in [-0.25, -0.2) is 0 Å². The zero-order valence-corrected chi connectivity index (χ0v) is 20.5. The van der Waals surface area contributed by atoms with E-state index in [0.29, 0.717) is 24.5 Å². The van der Waals surface area contributed by atoms with Crippen LogP contribution in [0.15, 0.2) is 60.7 Å². The molecule has 5 rings (SSSR count). The Kier molecular flexibility index (Phi) is 6.67. The third-order valence-electron chi connectivity index (χ3n) is 7.83. The quantitative estimate of drug-likeness (QED) is 0.516. The summed E-state index contributed by atoms with van der Waals surface area (Å²) in [4.78, 5) is 15.5. The van der Waals surface area contributed by atoms with Crippen LogP contribution in [0.4, 0.5) is 5.69 Å². The van der Waals surface area contributed by atoms with Crippen molar-refractivity contribution in [3.05, 3.63) is 66.2 Å². The van der Waals surface area contributed by atoms with Crippen LogP contribution in [0, 0.1) is 5.92 Å². The summed E-state index contributed by atoms with van der Waals surface area (Å²) in [6, 6.07) is 19.9. The fraction of sp³-hybridized carbons (Fsp3) is 0.414. The zero-order chi connectivity index (χ0) is 24.4. The normalized spacial score (nSPS) is 24.5. The first-order valence-corrected chi connectivity index (χ1v) is 12.5. The van der Waals surface area contributed by atoms with Gasteiger partial charge in [0.25, 0.3) is 0 Å². The summed E-state index contributed by atoms with van der Waals surface area (Å²) in [6.45, 7) is 0.920. The summed E-state index contributed by atoms with van der Waals surface area (Å²) in [7, 11) is 3.26. The maximum Gasteiger partial charge on any atom is 0.238 e. The molecule has 1 aliphatic heterocycles. The van der Waals surface area contributed by atoms with Gasteiger partial charge in [-0.1, -0.05) is 55.3 Å². The molecule has 1 saturated carbocycles. The molecule has 0 radical (unpaired) electrons. The fourth-order valence-corrected chi connectivity index (χ4v) is 6.11. The van der Waals surface area contributed by atoms with Gasteiger partial charge in [-0.15, -0.1) is 0 Å². The largest absolute Gasteiger partial charge is 0.493 e. The van der Waals surface area contributed by atoms with E-state index in [-0.39, 0.29) is 24.4 Å². The number of aliphatic hydroxyl groups is 1. The molecule has 35 heavy (non-hydrogen) atoms. The van der Waals surface area contributed by atoms with Crippen LogP contribution < -0.4 is 14.8 Å². The maximum absolute atomic E-state index is 13.3. The van der Waals surface area contributed by atoms with E-state index in [1.54, 1.807) is 14.2 Å². The fourth-order valence-electron chi connectivity index (χ4n) is 6.11. The van der Waals surface area contributed by atoms with Crippen molar-refractivity contribution in [3.8, 4) is 11.5 Å². The molecule has 3 aromatic rings. The van der Waals surface area contributed by atoms with Crippen molar-refractivity contribution in [1.29, 1.82) is 0 Å². The van der Waals surface area contributed by atoms with E-state index in [0.717, 1.165) is 47.7 Å². The van der Waals surface area contributed by atoms with Gasteiger partial charge in [0, 0.05) is 29.6 Å². The van der Waals surface area contributed by atoms with E-state index in [1.165, 1.54) is 0 Å². The number of nitrogens with one attached hydrogen (secondary N) is 1. The lowest BCUT2D eigenvalue weighted by Crippen LogP contribution is -2.56. The number of nitrogens with zero attached hydrogens (tertiary/aromatic N) is 1. The number of hydrogen-bond donors (Lipinski definition) is 2. The Bertz CT molecular complexity index is 1210. The molecule has 0 aromatic heterocycles. The van der Waals surface area contributed by atoms with E-state index >= 15 is 0 Å². The number of hydrogen-bond acceptors (Lipinski definition) is 5. The molecule has 0 bridgehead atoms. The van der Waals surface area contributed by atoms with Gasteiger partial charge in [0.15, 0.2) is 11.5 Å². The van der Waals surface area contributed by atoms with Crippen molar-refractivity contribution >= 4 is 22.4 Å². The van der Waals surface area contributed by atoms with Crippen molar-refractivity contribution in [3.63, 3.8) is 0 Å². The molecule has 1 heterocycles. The van der Waals surface area contributed by atoms with Crippen LogP contribution >= 0.6 is 0 Å². The van der Waals surface area contributed by atoms with Gasteiger partial charge < -0.3 is 19.9 Å². The first kappa shape index (κ1) is 23.6. The standard InChI is InChI=1S/C29H34N2O4/c1-34-25-14-13-21(18-26(25)35-2)28-23-11-5-6-15-29(23,33)16-17-31(28)19-27(32)30-24-12-7-9-20-8-3-4-10-22(20)24/h3-4,7-10,12-14,18,23,28,33H,5-6,11,15-17,19H2,1-2H3,(H,30,32)/t23-,28-,29-/m1/s1. The Hall–Kier alpha value is -3.09. The predicted octanol–water partition coefficient (Wildman–Crippen LogP) is 5.16. The number of carbonyl (C=O) groups is 1. The zero-order valence-electron chi connectivity index (χ0n) is 20.5.